The van der Waals surface area contributed by atoms with Crippen molar-refractivity contribution in [2.45, 2.75) is 114 Å². The predicted molar refractivity (Wildman–Crippen MR) is 175 cm³/mol. The normalized spacial score (nSPS) is 27.3. The molecule has 0 radical (unpaired) electrons. The minimum atomic E-state index is -0.723. The van der Waals surface area contributed by atoms with Crippen LogP contribution in [0.2, 0.25) is 0 Å². The van der Waals surface area contributed by atoms with Gasteiger partial charge in [0, 0.05) is 24.2 Å². The number of rotatable bonds is 11. The van der Waals surface area contributed by atoms with E-state index in [1.165, 1.54) is 11.1 Å². The summed E-state index contributed by atoms with van der Waals surface area (Å²) in [5, 5.41) is 13.0. The number of likely N-dealkylation sites (tertiary alicyclic amines) is 1. The first-order valence-electron chi connectivity index (χ1n) is 17.1. The highest BCUT2D eigenvalue weighted by molar-refractivity contribution is 5.95. The lowest BCUT2D eigenvalue weighted by molar-refractivity contribution is -0.142. The van der Waals surface area contributed by atoms with Gasteiger partial charge in [-0.15, -0.1) is 0 Å². The van der Waals surface area contributed by atoms with Crippen LogP contribution in [-0.4, -0.2) is 78.8 Å². The Kier molecular flexibility index (Phi) is 11.3. The number of amides is 3. The van der Waals surface area contributed by atoms with Crippen LogP contribution in [0.3, 0.4) is 0 Å². The minimum absolute atomic E-state index is 0.0688. The summed E-state index contributed by atoms with van der Waals surface area (Å²) in [7, 11) is 1.80. The van der Waals surface area contributed by atoms with Crippen molar-refractivity contribution in [3.8, 4) is 0 Å². The largest absolute Gasteiger partial charge is 0.348 e. The molecule has 5 rings (SSSR count). The van der Waals surface area contributed by atoms with Gasteiger partial charge in [-0.05, 0) is 88.5 Å². The standard InChI is InChI=1S/C36H51N5O4/c1-23-12-10-18-29-28(23)17-11-19-30(29)40-35(44)32-20-27(38-34(43)26-15-8-5-9-16-26)21-41(32)36(45)33(25-13-6-4-7-14-25)39-31(22-42)24(2)37-3/h5,8-10,15-16,18,22-25,27,30-33,37,39H,4,6-7,11-14,17,19-21H2,1-3H3,(H,38,43)(H,40,44)/t23?,24-,27?,30+,31?,32-,33-/m0/s1. The van der Waals surface area contributed by atoms with Crippen molar-refractivity contribution < 1.29 is 19.2 Å². The molecule has 1 heterocycles. The van der Waals surface area contributed by atoms with E-state index in [4.69, 9.17) is 0 Å². The minimum Gasteiger partial charge on any atom is -0.348 e. The second-order valence-corrected chi connectivity index (χ2v) is 13.5. The Morgan fingerprint density at radius 2 is 1.76 bits per heavy atom. The predicted octanol–water partition coefficient (Wildman–Crippen LogP) is 3.66. The number of nitrogens with one attached hydrogen (secondary N) is 4. The fraction of sp³-hybridized carbons (Fsp3) is 0.611. The maximum atomic E-state index is 14.6. The molecule has 0 aromatic heterocycles. The lowest BCUT2D eigenvalue weighted by Crippen LogP contribution is -2.60. The van der Waals surface area contributed by atoms with Crippen LogP contribution in [0, 0.1) is 11.8 Å². The number of allylic oxidation sites excluding steroid dienone is 2. The van der Waals surface area contributed by atoms with Crippen LogP contribution in [0.25, 0.3) is 0 Å². The zero-order valence-electron chi connectivity index (χ0n) is 27.1. The molecule has 1 aromatic rings. The summed E-state index contributed by atoms with van der Waals surface area (Å²) < 4.78 is 0. The van der Waals surface area contributed by atoms with Crippen LogP contribution in [0.4, 0.5) is 0 Å². The number of carbonyl (C=O) groups is 4. The third-order valence-corrected chi connectivity index (χ3v) is 10.5. The lowest BCUT2D eigenvalue weighted by Gasteiger charge is -2.37. The van der Waals surface area contributed by atoms with Crippen molar-refractivity contribution >= 4 is 24.0 Å². The first-order chi connectivity index (χ1) is 21.8. The van der Waals surface area contributed by atoms with E-state index in [1.807, 2.05) is 25.1 Å². The summed E-state index contributed by atoms with van der Waals surface area (Å²) in [6.07, 6.45) is 14.5. The Balaban J connectivity index is 1.40. The molecular formula is C36H51N5O4. The van der Waals surface area contributed by atoms with E-state index in [0.29, 0.717) is 17.9 Å². The maximum Gasteiger partial charge on any atom is 0.251 e. The van der Waals surface area contributed by atoms with Crippen LogP contribution in [0.1, 0.15) is 88.4 Å². The molecule has 1 aliphatic heterocycles. The molecule has 1 saturated carbocycles. The number of carbonyl (C=O) groups excluding carboxylic acids is 4. The summed E-state index contributed by atoms with van der Waals surface area (Å²) in [5.41, 5.74) is 3.19. The molecule has 0 bridgehead atoms. The topological polar surface area (TPSA) is 120 Å². The van der Waals surface area contributed by atoms with Gasteiger partial charge in [0.1, 0.15) is 12.3 Å². The van der Waals surface area contributed by atoms with Gasteiger partial charge in [0.25, 0.3) is 5.91 Å². The Bertz CT molecular complexity index is 1270. The molecule has 244 valence electrons. The quantitative estimate of drug-likeness (QED) is 0.282. The van der Waals surface area contributed by atoms with Crippen LogP contribution < -0.4 is 21.3 Å². The molecular weight excluding hydrogens is 566 g/mol. The van der Waals surface area contributed by atoms with Gasteiger partial charge >= 0.3 is 0 Å². The van der Waals surface area contributed by atoms with Crippen molar-refractivity contribution in [2.24, 2.45) is 11.8 Å². The zero-order chi connectivity index (χ0) is 31.9. The molecule has 9 nitrogen and oxygen atoms in total. The molecule has 4 N–H and O–H groups in total. The molecule has 0 spiro atoms. The molecule has 4 aliphatic rings. The van der Waals surface area contributed by atoms with Crippen molar-refractivity contribution in [1.29, 1.82) is 0 Å². The molecule has 3 amide bonds. The van der Waals surface area contributed by atoms with Gasteiger partial charge in [0.05, 0.1) is 18.1 Å². The highest BCUT2D eigenvalue weighted by atomic mass is 16.2. The average molecular weight is 618 g/mol. The van der Waals surface area contributed by atoms with Crippen LogP contribution in [0.5, 0.6) is 0 Å². The number of aldehydes is 1. The highest BCUT2D eigenvalue weighted by Crippen LogP contribution is 2.36. The highest BCUT2D eigenvalue weighted by Gasteiger charge is 2.45. The molecule has 1 saturated heterocycles. The number of hydrogen-bond acceptors (Lipinski definition) is 6. The van der Waals surface area contributed by atoms with E-state index in [0.717, 1.165) is 64.1 Å². The van der Waals surface area contributed by atoms with Crippen molar-refractivity contribution in [3.05, 3.63) is 59.2 Å². The Labute approximate surface area is 268 Å². The van der Waals surface area contributed by atoms with Gasteiger partial charge in [-0.25, -0.2) is 0 Å². The number of benzene rings is 1. The zero-order valence-corrected chi connectivity index (χ0v) is 27.1. The number of hydrogen-bond donors (Lipinski definition) is 4. The van der Waals surface area contributed by atoms with Gasteiger partial charge in [-0.3, -0.25) is 19.7 Å². The van der Waals surface area contributed by atoms with Crippen molar-refractivity contribution in [2.75, 3.05) is 13.6 Å². The molecule has 1 aromatic carbocycles. The summed E-state index contributed by atoms with van der Waals surface area (Å²) in [4.78, 5) is 55.8. The molecule has 3 unspecified atom stereocenters. The first kappa shape index (κ1) is 33.1. The third-order valence-electron chi connectivity index (χ3n) is 10.5. The Morgan fingerprint density at radius 3 is 2.47 bits per heavy atom. The first-order valence-corrected chi connectivity index (χ1v) is 17.1. The molecule has 2 fully saturated rings. The fourth-order valence-corrected chi connectivity index (χ4v) is 7.77. The van der Waals surface area contributed by atoms with E-state index < -0.39 is 18.1 Å². The smallest absolute Gasteiger partial charge is 0.251 e. The van der Waals surface area contributed by atoms with E-state index in [-0.39, 0.29) is 48.3 Å². The summed E-state index contributed by atoms with van der Waals surface area (Å²) in [6, 6.07) is 6.52. The Hall–Kier alpha value is -3.30. The second-order valence-electron chi connectivity index (χ2n) is 13.5. The van der Waals surface area contributed by atoms with Crippen molar-refractivity contribution in [3.63, 3.8) is 0 Å². The van der Waals surface area contributed by atoms with E-state index in [9.17, 15) is 19.2 Å². The SMILES string of the molecule is CN[C@@H](C)C(C=O)N[C@H](C(=O)N1CC(NC(=O)c2ccccc2)C[C@H]1C(=O)N[C@@H]1CCCC2=C1C=CCC2C)C1CCCCC1. The monoisotopic (exact) mass is 617 g/mol. The third kappa shape index (κ3) is 7.75. The molecule has 9 heteroatoms. The number of likely N-dealkylation sites (N-methyl/N-ethyl adjacent to an activating group) is 1. The van der Waals surface area contributed by atoms with E-state index >= 15 is 0 Å². The van der Waals surface area contributed by atoms with Gasteiger partial charge in [-0.1, -0.05) is 62.1 Å². The van der Waals surface area contributed by atoms with Gasteiger partial charge in [0.2, 0.25) is 11.8 Å². The Morgan fingerprint density at radius 1 is 1.00 bits per heavy atom. The van der Waals surface area contributed by atoms with E-state index in [1.54, 1.807) is 24.1 Å². The maximum absolute atomic E-state index is 14.6. The van der Waals surface area contributed by atoms with Crippen LogP contribution >= 0.6 is 0 Å². The van der Waals surface area contributed by atoms with Gasteiger partial charge < -0.3 is 25.6 Å². The summed E-state index contributed by atoms with van der Waals surface area (Å²) >= 11 is 0. The lowest BCUT2D eigenvalue weighted by atomic mass is 9.77. The summed E-state index contributed by atoms with van der Waals surface area (Å²) in [6.45, 7) is 4.41. The van der Waals surface area contributed by atoms with Gasteiger partial charge in [0.15, 0.2) is 0 Å². The molecule has 7 atom stereocenters. The molecule has 45 heavy (non-hydrogen) atoms. The summed E-state index contributed by atoms with van der Waals surface area (Å²) in [5.74, 6) is -0.0194. The van der Waals surface area contributed by atoms with Crippen molar-refractivity contribution in [1.82, 2.24) is 26.2 Å². The second kappa shape index (κ2) is 15.3. The van der Waals surface area contributed by atoms with Crippen LogP contribution in [-0.2, 0) is 14.4 Å². The van der Waals surface area contributed by atoms with Gasteiger partial charge in [-0.2, -0.15) is 0 Å². The van der Waals surface area contributed by atoms with Crippen LogP contribution in [0.15, 0.2) is 53.6 Å². The number of nitrogens with zero attached hydrogens (tertiary/aromatic N) is 1. The van der Waals surface area contributed by atoms with E-state index in [2.05, 4.69) is 40.3 Å². The average Bonchev–Trinajstić information content (AvgIpc) is 3.50. The fourth-order valence-electron chi connectivity index (χ4n) is 7.77. The molecule has 3 aliphatic carbocycles.